The van der Waals surface area contributed by atoms with Crippen LogP contribution in [0.25, 0.3) is 0 Å². The molecule has 0 aliphatic heterocycles. The van der Waals surface area contributed by atoms with Crippen molar-refractivity contribution in [1.82, 2.24) is 0 Å². The van der Waals surface area contributed by atoms with Crippen molar-refractivity contribution in [3.05, 3.63) is 33.8 Å². The molecule has 1 rings (SSSR count). The van der Waals surface area contributed by atoms with Gasteiger partial charge in [0.1, 0.15) is 0 Å². The Morgan fingerprint density at radius 3 is 2.33 bits per heavy atom. The Bertz CT molecular complexity index is 479. The van der Waals surface area contributed by atoms with Gasteiger partial charge in [-0.05, 0) is 11.6 Å². The van der Waals surface area contributed by atoms with E-state index in [1.54, 1.807) is 0 Å². The number of carbonyl (C=O) groups is 1. The van der Waals surface area contributed by atoms with Gasteiger partial charge in [0.15, 0.2) is 0 Å². The number of nitrogens with two attached hydrogens (primary N) is 1. The quantitative estimate of drug-likeness (QED) is 0.902. The molecular weight excluding hydrogens is 294 g/mol. The van der Waals surface area contributed by atoms with E-state index in [0.29, 0.717) is 0 Å². The molecule has 1 aromatic rings. The molecule has 0 radical (unpaired) electrons. The monoisotopic (exact) mass is 301 g/mol. The van der Waals surface area contributed by atoms with Gasteiger partial charge in [0.2, 0.25) is 5.54 Å². The van der Waals surface area contributed by atoms with Crippen molar-refractivity contribution in [3.63, 3.8) is 0 Å². The molecule has 3 nitrogen and oxygen atoms in total. The zero-order valence-electron chi connectivity index (χ0n) is 8.76. The third kappa shape index (κ3) is 2.71. The van der Waals surface area contributed by atoms with E-state index in [1.165, 1.54) is 18.2 Å². The van der Waals surface area contributed by atoms with E-state index in [-0.39, 0.29) is 15.6 Å². The normalized spacial score (nSPS) is 15.2. The maximum absolute atomic E-state index is 12.7. The highest BCUT2D eigenvalue weighted by molar-refractivity contribution is 6.42. The summed E-state index contributed by atoms with van der Waals surface area (Å²) in [4.78, 5) is 10.7. The number of carboxylic acids is 1. The number of aliphatic carboxylic acids is 1. The zero-order chi connectivity index (χ0) is 14.1. The molecule has 0 saturated heterocycles. The van der Waals surface area contributed by atoms with Crippen molar-refractivity contribution >= 4 is 29.2 Å². The lowest BCUT2D eigenvalue weighted by molar-refractivity contribution is -0.201. The second-order valence-electron chi connectivity index (χ2n) is 3.66. The fourth-order valence-corrected chi connectivity index (χ4v) is 1.67. The lowest BCUT2D eigenvalue weighted by atomic mass is 9.91. The molecule has 8 heteroatoms. The van der Waals surface area contributed by atoms with E-state index in [1.807, 2.05) is 0 Å². The summed E-state index contributed by atoms with van der Waals surface area (Å²) < 4.78 is 38.1. The van der Waals surface area contributed by atoms with Gasteiger partial charge in [0.05, 0.1) is 10.0 Å². The first-order chi connectivity index (χ1) is 8.09. The van der Waals surface area contributed by atoms with Crippen molar-refractivity contribution in [3.8, 4) is 0 Å². The van der Waals surface area contributed by atoms with Gasteiger partial charge < -0.3 is 10.8 Å². The summed E-state index contributed by atoms with van der Waals surface area (Å²) in [6, 6.07) is 3.98. The van der Waals surface area contributed by atoms with Crippen LogP contribution >= 0.6 is 23.2 Å². The Morgan fingerprint density at radius 2 is 1.89 bits per heavy atom. The van der Waals surface area contributed by atoms with Crippen molar-refractivity contribution < 1.29 is 23.1 Å². The van der Waals surface area contributed by atoms with E-state index < -0.39 is 24.1 Å². The number of hydrogen-bond acceptors (Lipinski definition) is 2. The summed E-state index contributed by atoms with van der Waals surface area (Å²) in [5.74, 6) is -2.17. The first kappa shape index (κ1) is 15.1. The molecule has 0 fully saturated rings. The fraction of sp³-hybridized carbons (Fsp3) is 0.300. The van der Waals surface area contributed by atoms with Gasteiger partial charge in [-0.3, -0.25) is 0 Å². The zero-order valence-corrected chi connectivity index (χ0v) is 10.3. The molecule has 0 bridgehead atoms. The highest BCUT2D eigenvalue weighted by Gasteiger charge is 2.58. The number of alkyl halides is 3. The minimum absolute atomic E-state index is 0.0316. The first-order valence-electron chi connectivity index (χ1n) is 4.61. The molecule has 1 atom stereocenters. The minimum atomic E-state index is -5.11. The highest BCUT2D eigenvalue weighted by Crippen LogP contribution is 2.35. The Balaban J connectivity index is 3.21. The SMILES string of the molecule is NC(Cc1cccc(Cl)c1Cl)(C(=O)O)C(F)(F)F. The standard InChI is InChI=1S/C10H8Cl2F3NO2/c11-6-3-1-2-5(7(6)12)4-9(16,8(17)18)10(13,14)15/h1-3H,4,16H2,(H,17,18). The van der Waals surface area contributed by atoms with Crippen molar-refractivity contribution in [2.24, 2.45) is 5.73 Å². The average Bonchev–Trinajstić information content (AvgIpc) is 2.22. The molecule has 0 amide bonds. The molecule has 1 aromatic carbocycles. The summed E-state index contributed by atoms with van der Waals surface area (Å²) in [5.41, 5.74) is 1.46. The van der Waals surface area contributed by atoms with Crippen LogP contribution in [0.2, 0.25) is 10.0 Å². The highest BCUT2D eigenvalue weighted by atomic mass is 35.5. The van der Waals surface area contributed by atoms with Crippen LogP contribution in [0, 0.1) is 0 Å². The molecule has 0 saturated carbocycles. The molecule has 18 heavy (non-hydrogen) atoms. The Kier molecular flexibility index (Phi) is 4.15. The van der Waals surface area contributed by atoms with Crippen LogP contribution in [-0.2, 0) is 11.2 Å². The molecule has 0 heterocycles. The van der Waals surface area contributed by atoms with E-state index in [0.717, 1.165) is 0 Å². The summed E-state index contributed by atoms with van der Waals surface area (Å²) >= 11 is 11.3. The Morgan fingerprint density at radius 1 is 1.33 bits per heavy atom. The molecule has 0 aromatic heterocycles. The predicted molar refractivity (Wildman–Crippen MR) is 60.8 cm³/mol. The van der Waals surface area contributed by atoms with Crippen LogP contribution in [0.3, 0.4) is 0 Å². The number of benzene rings is 1. The van der Waals surface area contributed by atoms with Crippen LogP contribution in [0.15, 0.2) is 18.2 Å². The molecule has 3 N–H and O–H groups in total. The second kappa shape index (κ2) is 4.95. The molecular formula is C10H8Cl2F3NO2. The third-order valence-corrected chi connectivity index (χ3v) is 3.25. The van der Waals surface area contributed by atoms with Crippen molar-refractivity contribution in [2.75, 3.05) is 0 Å². The van der Waals surface area contributed by atoms with Gasteiger partial charge in [-0.25, -0.2) is 4.79 Å². The summed E-state index contributed by atoms with van der Waals surface area (Å²) in [5, 5.41) is 8.56. The molecule has 0 aliphatic rings. The topological polar surface area (TPSA) is 63.3 Å². The van der Waals surface area contributed by atoms with Gasteiger partial charge in [-0.1, -0.05) is 35.3 Å². The molecule has 100 valence electrons. The second-order valence-corrected chi connectivity index (χ2v) is 4.45. The molecule has 1 unspecified atom stereocenters. The predicted octanol–water partition coefficient (Wildman–Crippen LogP) is 2.88. The lowest BCUT2D eigenvalue weighted by Gasteiger charge is -2.27. The van der Waals surface area contributed by atoms with Crippen molar-refractivity contribution in [1.29, 1.82) is 0 Å². The number of hydrogen-bond donors (Lipinski definition) is 2. The van der Waals surface area contributed by atoms with E-state index >= 15 is 0 Å². The first-order valence-corrected chi connectivity index (χ1v) is 5.37. The van der Waals surface area contributed by atoms with Gasteiger partial charge in [0, 0.05) is 6.42 Å². The minimum Gasteiger partial charge on any atom is -0.480 e. The van der Waals surface area contributed by atoms with Gasteiger partial charge >= 0.3 is 12.1 Å². The number of halogens is 5. The van der Waals surface area contributed by atoms with Gasteiger partial charge in [0.25, 0.3) is 0 Å². The summed E-state index contributed by atoms with van der Waals surface area (Å²) in [6.07, 6.45) is -6.10. The van der Waals surface area contributed by atoms with E-state index in [2.05, 4.69) is 0 Å². The lowest BCUT2D eigenvalue weighted by Crippen LogP contribution is -2.61. The largest absolute Gasteiger partial charge is 0.480 e. The Hall–Kier alpha value is -0.980. The number of carboxylic acid groups (broad SMARTS) is 1. The number of rotatable bonds is 3. The van der Waals surface area contributed by atoms with Crippen LogP contribution in [-0.4, -0.2) is 22.8 Å². The maximum atomic E-state index is 12.7. The van der Waals surface area contributed by atoms with Crippen molar-refractivity contribution in [2.45, 2.75) is 18.1 Å². The van der Waals surface area contributed by atoms with Crippen LogP contribution in [0.5, 0.6) is 0 Å². The van der Waals surface area contributed by atoms with Crippen LogP contribution in [0.1, 0.15) is 5.56 Å². The average molecular weight is 302 g/mol. The summed E-state index contributed by atoms with van der Waals surface area (Å²) in [7, 11) is 0. The smallest absolute Gasteiger partial charge is 0.417 e. The fourth-order valence-electron chi connectivity index (χ4n) is 1.28. The third-order valence-electron chi connectivity index (χ3n) is 2.39. The molecule has 0 spiro atoms. The van der Waals surface area contributed by atoms with Crippen LogP contribution < -0.4 is 5.73 Å². The van der Waals surface area contributed by atoms with E-state index in [4.69, 9.17) is 34.0 Å². The Labute approximate surface area is 110 Å². The van der Waals surface area contributed by atoms with Crippen LogP contribution in [0.4, 0.5) is 13.2 Å². The maximum Gasteiger partial charge on any atom is 0.417 e. The molecule has 0 aliphatic carbocycles. The van der Waals surface area contributed by atoms with Gasteiger partial charge in [-0.2, -0.15) is 13.2 Å². The van der Waals surface area contributed by atoms with Gasteiger partial charge in [-0.15, -0.1) is 0 Å². The summed E-state index contributed by atoms with van der Waals surface area (Å²) in [6.45, 7) is 0. The van der Waals surface area contributed by atoms with E-state index in [9.17, 15) is 18.0 Å².